The van der Waals surface area contributed by atoms with Crippen LogP contribution >= 0.6 is 11.6 Å². The van der Waals surface area contributed by atoms with Crippen LogP contribution in [-0.2, 0) is 9.53 Å². The molecule has 2 atom stereocenters. The van der Waals surface area contributed by atoms with E-state index in [2.05, 4.69) is 5.32 Å². The van der Waals surface area contributed by atoms with Crippen LogP contribution in [0, 0.1) is 0 Å². The maximum Gasteiger partial charge on any atom is 0.235 e. The van der Waals surface area contributed by atoms with Crippen molar-refractivity contribution >= 4 is 17.5 Å². The van der Waals surface area contributed by atoms with E-state index in [9.17, 15) is 4.79 Å². The lowest BCUT2D eigenvalue weighted by atomic mass is 9.86. The summed E-state index contributed by atoms with van der Waals surface area (Å²) < 4.78 is 11.6. The summed E-state index contributed by atoms with van der Waals surface area (Å²) in [6, 6.07) is 7.75. The lowest BCUT2D eigenvalue weighted by Gasteiger charge is -2.39. The number of amides is 1. The standard InChI is InChI=1S/C14H16ClNO3/c15-8-13(17)16-11-7-14(5-6-18-9-14)19-12-4-2-1-3-10(11)12/h1-4,11H,5-9H2,(H,16,17). The van der Waals surface area contributed by atoms with Gasteiger partial charge < -0.3 is 14.8 Å². The van der Waals surface area contributed by atoms with E-state index in [0.29, 0.717) is 13.2 Å². The Morgan fingerprint density at radius 3 is 3.05 bits per heavy atom. The average molecular weight is 282 g/mol. The molecule has 0 aliphatic carbocycles. The Morgan fingerprint density at radius 2 is 2.32 bits per heavy atom. The number of carbonyl (C=O) groups is 1. The number of nitrogens with one attached hydrogen (secondary N) is 1. The van der Waals surface area contributed by atoms with Crippen molar-refractivity contribution in [2.75, 3.05) is 19.1 Å². The van der Waals surface area contributed by atoms with Crippen molar-refractivity contribution in [1.29, 1.82) is 0 Å². The zero-order valence-electron chi connectivity index (χ0n) is 10.5. The van der Waals surface area contributed by atoms with Crippen molar-refractivity contribution < 1.29 is 14.3 Å². The largest absolute Gasteiger partial charge is 0.484 e. The predicted octanol–water partition coefficient (Wildman–Crippen LogP) is 2.02. The normalized spacial score (nSPS) is 28.8. The monoisotopic (exact) mass is 281 g/mol. The Morgan fingerprint density at radius 1 is 1.47 bits per heavy atom. The minimum Gasteiger partial charge on any atom is -0.484 e. The van der Waals surface area contributed by atoms with Crippen molar-refractivity contribution in [2.24, 2.45) is 0 Å². The van der Waals surface area contributed by atoms with Gasteiger partial charge in [0.2, 0.25) is 5.91 Å². The van der Waals surface area contributed by atoms with Gasteiger partial charge in [0.05, 0.1) is 19.3 Å². The highest BCUT2D eigenvalue weighted by Crippen LogP contribution is 2.42. The van der Waals surface area contributed by atoms with Crippen LogP contribution in [0.4, 0.5) is 0 Å². The highest BCUT2D eigenvalue weighted by atomic mass is 35.5. The molecular formula is C14H16ClNO3. The zero-order chi connectivity index (χ0) is 13.3. The minimum atomic E-state index is -0.307. The van der Waals surface area contributed by atoms with Crippen LogP contribution in [0.15, 0.2) is 24.3 Å². The Labute approximate surface area is 117 Å². The molecule has 1 aromatic rings. The highest BCUT2D eigenvalue weighted by Gasteiger charge is 2.44. The SMILES string of the molecule is O=C(CCl)NC1CC2(CCOC2)Oc2ccccc21. The van der Waals surface area contributed by atoms with Crippen LogP contribution in [-0.4, -0.2) is 30.6 Å². The lowest BCUT2D eigenvalue weighted by molar-refractivity contribution is -0.120. The van der Waals surface area contributed by atoms with E-state index in [1.807, 2.05) is 24.3 Å². The number of fused-ring (bicyclic) bond motifs is 1. The van der Waals surface area contributed by atoms with Crippen molar-refractivity contribution in [2.45, 2.75) is 24.5 Å². The van der Waals surface area contributed by atoms with Gasteiger partial charge in [-0.05, 0) is 6.07 Å². The van der Waals surface area contributed by atoms with Gasteiger partial charge in [-0.3, -0.25) is 4.79 Å². The second kappa shape index (κ2) is 5.02. The Bertz CT molecular complexity index is 485. The summed E-state index contributed by atoms with van der Waals surface area (Å²) in [5.41, 5.74) is 0.706. The highest BCUT2D eigenvalue weighted by molar-refractivity contribution is 6.27. The van der Waals surface area contributed by atoms with E-state index in [4.69, 9.17) is 21.1 Å². The van der Waals surface area contributed by atoms with Gasteiger partial charge in [-0.15, -0.1) is 11.6 Å². The first-order valence-electron chi connectivity index (χ1n) is 6.43. The van der Waals surface area contributed by atoms with Gasteiger partial charge in [0.15, 0.2) is 0 Å². The molecule has 0 saturated carbocycles. The van der Waals surface area contributed by atoms with E-state index in [0.717, 1.165) is 24.2 Å². The number of hydrogen-bond donors (Lipinski definition) is 1. The first-order chi connectivity index (χ1) is 9.22. The number of hydrogen-bond acceptors (Lipinski definition) is 3. The molecular weight excluding hydrogens is 266 g/mol. The minimum absolute atomic E-state index is 0.0248. The number of halogens is 1. The lowest BCUT2D eigenvalue weighted by Crippen LogP contribution is -2.46. The fraction of sp³-hybridized carbons (Fsp3) is 0.500. The van der Waals surface area contributed by atoms with Gasteiger partial charge in [-0.2, -0.15) is 0 Å². The maximum absolute atomic E-state index is 11.6. The van der Waals surface area contributed by atoms with Crippen LogP contribution in [0.2, 0.25) is 0 Å². The van der Waals surface area contributed by atoms with Crippen molar-refractivity contribution in [3.63, 3.8) is 0 Å². The first kappa shape index (κ1) is 12.8. The quantitative estimate of drug-likeness (QED) is 0.844. The second-order valence-corrected chi connectivity index (χ2v) is 5.35. The summed E-state index contributed by atoms with van der Waals surface area (Å²) >= 11 is 5.58. The summed E-state index contributed by atoms with van der Waals surface area (Å²) in [7, 11) is 0. The van der Waals surface area contributed by atoms with E-state index in [1.165, 1.54) is 0 Å². The Balaban J connectivity index is 1.91. The number of ether oxygens (including phenoxy) is 2. The van der Waals surface area contributed by atoms with Crippen molar-refractivity contribution in [3.8, 4) is 5.75 Å². The number of alkyl halides is 1. The molecule has 5 heteroatoms. The molecule has 0 aromatic heterocycles. The molecule has 2 aliphatic heterocycles. The molecule has 1 spiro atoms. The zero-order valence-corrected chi connectivity index (χ0v) is 11.3. The molecule has 1 amide bonds. The molecule has 1 N–H and O–H groups in total. The maximum atomic E-state index is 11.6. The molecule has 0 radical (unpaired) electrons. The number of carbonyl (C=O) groups excluding carboxylic acids is 1. The third kappa shape index (κ3) is 2.42. The molecule has 19 heavy (non-hydrogen) atoms. The van der Waals surface area contributed by atoms with Crippen LogP contribution in [0.3, 0.4) is 0 Å². The number of benzene rings is 1. The molecule has 3 rings (SSSR count). The summed E-state index contributed by atoms with van der Waals surface area (Å²) in [6.45, 7) is 1.28. The van der Waals surface area contributed by atoms with Gasteiger partial charge in [-0.25, -0.2) is 0 Å². The van der Waals surface area contributed by atoms with Crippen LogP contribution in [0.25, 0.3) is 0 Å². The van der Waals surface area contributed by atoms with Crippen LogP contribution in [0.1, 0.15) is 24.4 Å². The molecule has 2 heterocycles. The van der Waals surface area contributed by atoms with Gasteiger partial charge in [0, 0.05) is 18.4 Å². The van der Waals surface area contributed by atoms with Crippen LogP contribution < -0.4 is 10.1 Å². The smallest absolute Gasteiger partial charge is 0.235 e. The Hall–Kier alpha value is -1.26. The van der Waals surface area contributed by atoms with E-state index < -0.39 is 0 Å². The molecule has 2 aliphatic rings. The van der Waals surface area contributed by atoms with E-state index in [-0.39, 0.29) is 23.4 Å². The predicted molar refractivity (Wildman–Crippen MR) is 71.5 cm³/mol. The van der Waals surface area contributed by atoms with Gasteiger partial charge in [0.1, 0.15) is 17.2 Å². The van der Waals surface area contributed by atoms with E-state index in [1.54, 1.807) is 0 Å². The van der Waals surface area contributed by atoms with Gasteiger partial charge in [-0.1, -0.05) is 18.2 Å². The molecule has 4 nitrogen and oxygen atoms in total. The van der Waals surface area contributed by atoms with Gasteiger partial charge in [0.25, 0.3) is 0 Å². The molecule has 1 aromatic carbocycles. The molecule has 102 valence electrons. The summed E-state index contributed by atoms with van der Waals surface area (Å²) in [5.74, 6) is 0.653. The van der Waals surface area contributed by atoms with Crippen LogP contribution in [0.5, 0.6) is 5.75 Å². The number of rotatable bonds is 2. The van der Waals surface area contributed by atoms with E-state index >= 15 is 0 Å². The topological polar surface area (TPSA) is 47.6 Å². The molecule has 2 unspecified atom stereocenters. The molecule has 1 saturated heterocycles. The molecule has 1 fully saturated rings. The van der Waals surface area contributed by atoms with Crippen molar-refractivity contribution in [1.82, 2.24) is 5.32 Å². The summed E-state index contributed by atoms with van der Waals surface area (Å²) in [6.07, 6.45) is 1.58. The second-order valence-electron chi connectivity index (χ2n) is 5.08. The Kier molecular flexibility index (Phi) is 3.37. The third-order valence-corrected chi connectivity index (χ3v) is 3.96. The summed E-state index contributed by atoms with van der Waals surface area (Å²) in [4.78, 5) is 11.6. The fourth-order valence-corrected chi connectivity index (χ4v) is 2.89. The fourth-order valence-electron chi connectivity index (χ4n) is 2.81. The molecule has 0 bridgehead atoms. The van der Waals surface area contributed by atoms with Gasteiger partial charge >= 0.3 is 0 Å². The third-order valence-electron chi connectivity index (χ3n) is 3.72. The first-order valence-corrected chi connectivity index (χ1v) is 6.97. The summed E-state index contributed by atoms with van der Waals surface area (Å²) in [5, 5.41) is 2.97. The van der Waals surface area contributed by atoms with Crippen molar-refractivity contribution in [3.05, 3.63) is 29.8 Å². The average Bonchev–Trinajstić information content (AvgIpc) is 2.86. The number of para-hydroxylation sites is 1.